The molecule has 3 rings (SSSR count). The topological polar surface area (TPSA) is 51.0 Å². The first kappa shape index (κ1) is 13.6. The summed E-state index contributed by atoms with van der Waals surface area (Å²) in [5.74, 6) is 2.81. The van der Waals surface area contributed by atoms with Gasteiger partial charge >= 0.3 is 0 Å². The van der Waals surface area contributed by atoms with E-state index < -0.39 is 0 Å². The minimum atomic E-state index is 0.563. The van der Waals surface area contributed by atoms with Crippen molar-refractivity contribution in [3.8, 4) is 11.6 Å². The molecule has 1 fully saturated rings. The molecule has 1 aliphatic rings. The predicted octanol–water partition coefficient (Wildman–Crippen LogP) is 4.59. The highest BCUT2D eigenvalue weighted by atomic mass is 79.9. The third-order valence-electron chi connectivity index (χ3n) is 3.67. The van der Waals surface area contributed by atoms with E-state index in [4.69, 9.17) is 9.40 Å². The summed E-state index contributed by atoms with van der Waals surface area (Å²) in [6.45, 7) is 2.92. The first-order valence-electron chi connectivity index (χ1n) is 7.15. The van der Waals surface area contributed by atoms with Gasteiger partial charge in [-0.2, -0.15) is 0 Å². The Balaban J connectivity index is 1.99. The fourth-order valence-corrected chi connectivity index (χ4v) is 3.02. The van der Waals surface area contributed by atoms with Gasteiger partial charge in [-0.05, 0) is 47.8 Å². The molecule has 1 aliphatic carbocycles. The lowest BCUT2D eigenvalue weighted by molar-refractivity contribution is 0.550. The van der Waals surface area contributed by atoms with Crippen molar-refractivity contribution in [2.75, 3.05) is 11.9 Å². The van der Waals surface area contributed by atoms with Crippen molar-refractivity contribution in [2.24, 2.45) is 0 Å². The van der Waals surface area contributed by atoms with E-state index in [1.54, 1.807) is 0 Å². The van der Waals surface area contributed by atoms with Crippen LogP contribution in [0.2, 0.25) is 0 Å². The van der Waals surface area contributed by atoms with Crippen LogP contribution in [0.3, 0.4) is 0 Å². The van der Waals surface area contributed by atoms with Gasteiger partial charge < -0.3 is 9.73 Å². The normalized spacial score (nSPS) is 15.7. The molecular formula is C15H18BrN3O. The van der Waals surface area contributed by atoms with Crippen LogP contribution in [0.5, 0.6) is 0 Å². The number of rotatable bonds is 4. The van der Waals surface area contributed by atoms with E-state index in [0.717, 1.165) is 18.1 Å². The summed E-state index contributed by atoms with van der Waals surface area (Å²) in [6, 6.07) is 5.85. The number of nitrogens with zero attached hydrogens (tertiary/aromatic N) is 2. The molecule has 0 aliphatic heterocycles. The summed E-state index contributed by atoms with van der Waals surface area (Å²) < 4.78 is 6.29. The number of halogens is 1. The van der Waals surface area contributed by atoms with Crippen LogP contribution < -0.4 is 5.32 Å². The molecule has 1 N–H and O–H groups in total. The second-order valence-electron chi connectivity index (χ2n) is 5.12. The Bertz CT molecular complexity index is 591. The Hall–Kier alpha value is -1.36. The quantitative estimate of drug-likeness (QED) is 0.887. The van der Waals surface area contributed by atoms with Gasteiger partial charge in [0.25, 0.3) is 0 Å². The molecule has 0 bridgehead atoms. The first-order valence-corrected chi connectivity index (χ1v) is 7.94. The van der Waals surface area contributed by atoms with Gasteiger partial charge in [0, 0.05) is 24.2 Å². The van der Waals surface area contributed by atoms with Gasteiger partial charge in [-0.25, -0.2) is 9.97 Å². The van der Waals surface area contributed by atoms with Gasteiger partial charge in [0.2, 0.25) is 0 Å². The van der Waals surface area contributed by atoms with E-state index in [1.165, 1.54) is 25.7 Å². The molecular weight excluding hydrogens is 318 g/mol. The minimum Gasteiger partial charge on any atom is -0.446 e. The molecule has 0 saturated heterocycles. The van der Waals surface area contributed by atoms with Gasteiger partial charge in [-0.15, -0.1) is 0 Å². The Morgan fingerprint density at radius 2 is 2.10 bits per heavy atom. The highest BCUT2D eigenvalue weighted by molar-refractivity contribution is 9.10. The van der Waals surface area contributed by atoms with Crippen molar-refractivity contribution in [3.05, 3.63) is 28.6 Å². The van der Waals surface area contributed by atoms with Gasteiger partial charge in [0.05, 0.1) is 0 Å². The molecule has 20 heavy (non-hydrogen) atoms. The monoisotopic (exact) mass is 335 g/mol. The number of nitrogens with one attached hydrogen (secondary N) is 1. The lowest BCUT2D eigenvalue weighted by Crippen LogP contribution is -2.05. The Labute approximate surface area is 127 Å². The molecule has 1 saturated carbocycles. The smallest absolute Gasteiger partial charge is 0.197 e. The third-order valence-corrected chi connectivity index (χ3v) is 4.10. The maximum Gasteiger partial charge on any atom is 0.197 e. The zero-order valence-corrected chi connectivity index (χ0v) is 13.1. The predicted molar refractivity (Wildman–Crippen MR) is 82.8 cm³/mol. The van der Waals surface area contributed by atoms with Gasteiger partial charge in [0.1, 0.15) is 5.82 Å². The minimum absolute atomic E-state index is 0.563. The van der Waals surface area contributed by atoms with E-state index in [9.17, 15) is 0 Å². The Morgan fingerprint density at radius 3 is 2.75 bits per heavy atom. The summed E-state index contributed by atoms with van der Waals surface area (Å²) in [4.78, 5) is 9.26. The molecule has 4 nitrogen and oxygen atoms in total. The molecule has 2 aromatic heterocycles. The lowest BCUT2D eigenvalue weighted by atomic mass is 10.0. The summed E-state index contributed by atoms with van der Waals surface area (Å²) in [6.07, 6.45) is 5.05. The second kappa shape index (κ2) is 5.95. The summed E-state index contributed by atoms with van der Waals surface area (Å²) in [5.41, 5.74) is 1.14. The average molecular weight is 336 g/mol. The summed E-state index contributed by atoms with van der Waals surface area (Å²) in [7, 11) is 0. The van der Waals surface area contributed by atoms with E-state index in [2.05, 4.69) is 39.2 Å². The highest BCUT2D eigenvalue weighted by Crippen LogP contribution is 2.35. The van der Waals surface area contributed by atoms with E-state index in [-0.39, 0.29) is 0 Å². The van der Waals surface area contributed by atoms with Crippen LogP contribution in [0.15, 0.2) is 27.3 Å². The van der Waals surface area contributed by atoms with Crippen molar-refractivity contribution in [1.82, 2.24) is 9.97 Å². The van der Waals surface area contributed by atoms with Crippen molar-refractivity contribution >= 4 is 21.7 Å². The van der Waals surface area contributed by atoms with Crippen LogP contribution in [-0.2, 0) is 0 Å². The molecule has 0 unspecified atom stereocenters. The van der Waals surface area contributed by atoms with Crippen LogP contribution in [0.25, 0.3) is 11.6 Å². The maximum absolute atomic E-state index is 5.58. The van der Waals surface area contributed by atoms with Crippen LogP contribution in [-0.4, -0.2) is 16.5 Å². The SMILES string of the molecule is CCNc1cc(C2CCCC2)nc(-c2ccc(Br)o2)n1. The number of hydrogen-bond acceptors (Lipinski definition) is 4. The van der Waals surface area contributed by atoms with Crippen molar-refractivity contribution in [3.63, 3.8) is 0 Å². The van der Waals surface area contributed by atoms with Crippen LogP contribution in [0, 0.1) is 0 Å². The maximum atomic E-state index is 5.58. The standard InChI is InChI=1S/C15H18BrN3O/c1-2-17-14-9-11(10-5-3-4-6-10)18-15(19-14)12-7-8-13(16)20-12/h7-10H,2-6H2,1H3,(H,17,18,19). The molecule has 0 radical (unpaired) electrons. The van der Waals surface area contributed by atoms with Crippen molar-refractivity contribution in [2.45, 2.75) is 38.5 Å². The molecule has 0 aromatic carbocycles. The van der Waals surface area contributed by atoms with Crippen LogP contribution in [0.1, 0.15) is 44.2 Å². The highest BCUT2D eigenvalue weighted by Gasteiger charge is 2.21. The van der Waals surface area contributed by atoms with Crippen molar-refractivity contribution < 1.29 is 4.42 Å². The van der Waals surface area contributed by atoms with Crippen molar-refractivity contribution in [1.29, 1.82) is 0 Å². The molecule has 5 heteroatoms. The van der Waals surface area contributed by atoms with Crippen LogP contribution in [0.4, 0.5) is 5.82 Å². The first-order chi connectivity index (χ1) is 9.76. The largest absolute Gasteiger partial charge is 0.446 e. The zero-order chi connectivity index (χ0) is 13.9. The van der Waals surface area contributed by atoms with Gasteiger partial charge in [-0.3, -0.25) is 0 Å². The number of furan rings is 1. The van der Waals surface area contributed by atoms with Gasteiger partial charge in [-0.1, -0.05) is 12.8 Å². The van der Waals surface area contributed by atoms with Gasteiger partial charge in [0.15, 0.2) is 16.3 Å². The second-order valence-corrected chi connectivity index (χ2v) is 5.90. The summed E-state index contributed by atoms with van der Waals surface area (Å²) >= 11 is 3.33. The third kappa shape index (κ3) is 2.87. The fourth-order valence-electron chi connectivity index (χ4n) is 2.71. The number of hydrogen-bond donors (Lipinski definition) is 1. The molecule has 2 heterocycles. The average Bonchev–Trinajstić information content (AvgIpc) is 3.09. The Kier molecular flexibility index (Phi) is 4.05. The fraction of sp³-hybridized carbons (Fsp3) is 0.467. The zero-order valence-electron chi connectivity index (χ0n) is 11.5. The van der Waals surface area contributed by atoms with E-state index >= 15 is 0 Å². The Morgan fingerprint density at radius 1 is 1.30 bits per heavy atom. The molecule has 0 spiro atoms. The molecule has 0 amide bonds. The number of aromatic nitrogens is 2. The summed E-state index contributed by atoms with van der Waals surface area (Å²) in [5, 5.41) is 3.28. The van der Waals surface area contributed by atoms with Crippen LogP contribution >= 0.6 is 15.9 Å². The molecule has 0 atom stereocenters. The van der Waals surface area contributed by atoms with E-state index in [1.807, 2.05) is 12.1 Å². The molecule has 2 aromatic rings. The molecule has 106 valence electrons. The number of anilines is 1. The van der Waals surface area contributed by atoms with E-state index in [0.29, 0.717) is 22.2 Å². The lowest BCUT2D eigenvalue weighted by Gasteiger charge is -2.12.